The van der Waals surface area contributed by atoms with Gasteiger partial charge in [0.15, 0.2) is 5.82 Å². The number of para-hydroxylation sites is 1. The number of fused-ring (bicyclic) bond motifs is 1. The maximum absolute atomic E-state index is 13.8. The Morgan fingerprint density at radius 1 is 0.729 bits per heavy atom. The second-order valence-corrected chi connectivity index (χ2v) is 15.9. The van der Waals surface area contributed by atoms with Crippen molar-refractivity contribution in [1.82, 2.24) is 29.8 Å². The van der Waals surface area contributed by atoms with Gasteiger partial charge in [0, 0.05) is 18.9 Å². The Kier molecular flexibility index (Phi) is 14.8. The van der Waals surface area contributed by atoms with Crippen molar-refractivity contribution in [3.05, 3.63) is 206 Å². The molecule has 70 heavy (non-hydrogen) atoms. The van der Waals surface area contributed by atoms with Crippen LogP contribution >= 0.6 is 0 Å². The Bertz CT molecular complexity index is 2980. The minimum Gasteiger partial charge on any atom is -0.465 e. The van der Waals surface area contributed by atoms with Gasteiger partial charge in [0.25, 0.3) is 16.2 Å². The molecule has 6 aromatic carbocycles. The third kappa shape index (κ3) is 10.4. The lowest BCUT2D eigenvalue weighted by molar-refractivity contribution is -0.790. The van der Waals surface area contributed by atoms with Crippen LogP contribution in [-0.4, -0.2) is 77.5 Å². The molecule has 0 bridgehead atoms. The van der Waals surface area contributed by atoms with E-state index in [2.05, 4.69) is 56.3 Å². The molecule has 0 fully saturated rings. The van der Waals surface area contributed by atoms with E-state index >= 15 is 0 Å². The summed E-state index contributed by atoms with van der Waals surface area (Å²) in [5.41, 5.74) is 6.49. The lowest BCUT2D eigenvalue weighted by Crippen LogP contribution is -2.39. The fraction of sp³-hybridized carbons (Fsp3) is 0.216. The molecule has 2 aromatic heterocycles. The molecule has 19 heteroatoms. The summed E-state index contributed by atoms with van der Waals surface area (Å²) in [5.74, 6) is -1.01. The van der Waals surface area contributed by atoms with Gasteiger partial charge in [-0.2, -0.15) is 4.98 Å². The number of benzene rings is 6. The summed E-state index contributed by atoms with van der Waals surface area (Å²) in [7, 11) is 0. The van der Waals surface area contributed by atoms with E-state index < -0.39 is 46.7 Å². The van der Waals surface area contributed by atoms with E-state index in [0.29, 0.717) is 23.5 Å². The zero-order valence-corrected chi connectivity index (χ0v) is 38.0. The third-order valence-corrected chi connectivity index (χ3v) is 11.4. The van der Waals surface area contributed by atoms with E-state index in [4.69, 9.17) is 24.5 Å². The second-order valence-electron chi connectivity index (χ2n) is 15.9. The van der Waals surface area contributed by atoms with Gasteiger partial charge in [-0.1, -0.05) is 146 Å². The quantitative estimate of drug-likeness (QED) is 0.0204. The van der Waals surface area contributed by atoms with E-state index in [1.165, 1.54) is 6.92 Å². The molecule has 0 aliphatic rings. The molecule has 8 rings (SSSR count). The third-order valence-electron chi connectivity index (χ3n) is 11.4. The number of hydrogen-bond acceptors (Lipinski definition) is 15. The Balaban J connectivity index is 1.05. The number of nitrogens with zero attached hydrogens (tertiary/aromatic N) is 8. The van der Waals surface area contributed by atoms with Gasteiger partial charge < -0.3 is 23.9 Å². The normalized spacial score (nSPS) is 12.1. The molecule has 0 amide bonds. The highest BCUT2D eigenvalue weighted by molar-refractivity contribution is 6.02. The largest absolute Gasteiger partial charge is 0.465 e. The van der Waals surface area contributed by atoms with Crippen molar-refractivity contribution >= 4 is 23.0 Å². The van der Waals surface area contributed by atoms with Crippen LogP contribution in [0.1, 0.15) is 65.7 Å². The van der Waals surface area contributed by atoms with Gasteiger partial charge in [0.2, 0.25) is 6.29 Å². The van der Waals surface area contributed by atoms with Crippen molar-refractivity contribution in [3.8, 4) is 28.5 Å². The van der Waals surface area contributed by atoms with Crippen LogP contribution in [0, 0.1) is 20.2 Å². The number of carbonyl (C=O) groups is 2. The molecule has 0 N–H and O–H groups in total. The van der Waals surface area contributed by atoms with Gasteiger partial charge in [-0.3, -0.25) is 9.36 Å². The molecule has 0 aliphatic heterocycles. The second kappa shape index (κ2) is 21.7. The number of imidazole rings is 1. The summed E-state index contributed by atoms with van der Waals surface area (Å²) in [5, 5.41) is 32.9. The van der Waals surface area contributed by atoms with E-state index in [1.807, 2.05) is 115 Å². The first kappa shape index (κ1) is 47.5. The van der Waals surface area contributed by atoms with Crippen LogP contribution < -0.4 is 4.74 Å². The first-order chi connectivity index (χ1) is 34.1. The number of rotatable bonds is 22. The molecule has 0 saturated carbocycles. The molecule has 19 nitrogen and oxygen atoms in total. The van der Waals surface area contributed by atoms with Gasteiger partial charge in [-0.15, -0.1) is 25.3 Å². The summed E-state index contributed by atoms with van der Waals surface area (Å²) in [6, 6.07) is 51.9. The zero-order valence-electron chi connectivity index (χ0n) is 38.0. The average Bonchev–Trinajstić information content (AvgIpc) is 4.00. The molecule has 8 aromatic rings. The molecule has 0 spiro atoms. The lowest BCUT2D eigenvalue weighted by Gasteiger charge is -2.36. The van der Waals surface area contributed by atoms with Gasteiger partial charge >= 0.3 is 11.9 Å². The van der Waals surface area contributed by atoms with Crippen LogP contribution in [0.25, 0.3) is 33.5 Å². The molecule has 2 atom stereocenters. The van der Waals surface area contributed by atoms with Crippen molar-refractivity contribution in [2.24, 2.45) is 0 Å². The monoisotopic (exact) mass is 946 g/mol. The number of tetrazole rings is 1. The van der Waals surface area contributed by atoms with Gasteiger partial charge in [-0.05, 0) is 75.7 Å². The van der Waals surface area contributed by atoms with Crippen molar-refractivity contribution in [2.45, 2.75) is 57.6 Å². The highest BCUT2D eigenvalue weighted by atomic mass is 17.0. The molecule has 0 aliphatic carbocycles. The van der Waals surface area contributed by atoms with Crippen LogP contribution in [0.15, 0.2) is 158 Å². The summed E-state index contributed by atoms with van der Waals surface area (Å²) in [4.78, 5) is 61.0. The summed E-state index contributed by atoms with van der Waals surface area (Å²) in [6.45, 7) is 3.05. The van der Waals surface area contributed by atoms with E-state index in [1.54, 1.807) is 22.8 Å². The molecule has 2 heterocycles. The van der Waals surface area contributed by atoms with Gasteiger partial charge in [0.1, 0.15) is 18.2 Å². The smallest absolute Gasteiger partial charge is 0.343 e. The minimum atomic E-state index is -1.33. The Labute approximate surface area is 400 Å². The lowest BCUT2D eigenvalue weighted by atomic mass is 9.77. The average molecular weight is 947 g/mol. The Morgan fingerprint density at radius 3 is 1.94 bits per heavy atom. The van der Waals surface area contributed by atoms with E-state index in [0.717, 1.165) is 38.9 Å². The predicted molar refractivity (Wildman–Crippen MR) is 253 cm³/mol. The van der Waals surface area contributed by atoms with E-state index in [-0.39, 0.29) is 37.4 Å². The number of aromatic nitrogens is 6. The van der Waals surface area contributed by atoms with Crippen molar-refractivity contribution in [1.29, 1.82) is 0 Å². The zero-order chi connectivity index (χ0) is 49.0. The number of esters is 2. The molecule has 0 saturated heterocycles. The Hall–Kier alpha value is -9.00. The van der Waals surface area contributed by atoms with Crippen LogP contribution in [0.2, 0.25) is 0 Å². The van der Waals surface area contributed by atoms with Gasteiger partial charge in [-0.25, -0.2) is 9.48 Å². The van der Waals surface area contributed by atoms with Crippen molar-refractivity contribution < 1.29 is 43.6 Å². The maximum Gasteiger partial charge on any atom is 0.343 e. The van der Waals surface area contributed by atoms with Crippen molar-refractivity contribution in [2.75, 3.05) is 13.2 Å². The summed E-state index contributed by atoms with van der Waals surface area (Å²) >= 11 is 0. The van der Waals surface area contributed by atoms with Crippen LogP contribution in [0.3, 0.4) is 0 Å². The van der Waals surface area contributed by atoms with E-state index in [9.17, 15) is 29.8 Å². The van der Waals surface area contributed by atoms with Crippen LogP contribution in [0.5, 0.6) is 6.01 Å². The first-order valence-electron chi connectivity index (χ1n) is 22.3. The minimum absolute atomic E-state index is 0.00447. The maximum atomic E-state index is 13.8. The number of hydrogen-bond donors (Lipinski definition) is 0. The topological polar surface area (TPSA) is 228 Å². The number of carbonyl (C=O) groups excluding carboxylic acids is 2. The molecule has 0 radical (unpaired) electrons. The standard InChI is InChI=1S/C51H46N8O11/c1-3-66-50-52-45-27-16-26-44(49(61)69-35(2)68-46(60)28-15-23-41(70-59(64)65)34-67-58(62)63)47(45)56(50)33-36-29-31-37(32-30-36)42-24-13-14-25-43(42)48-53-54-55-57(48)51(38-17-7-4-8-18-38,39-19-9-5-10-20-39)40-21-11-6-12-22-40/h4-14,16-22,24-27,29-32,35,41H,3,15,23,28,33-34H2,1-2H3/t35?,41-/m1/s1. The SMILES string of the molecule is CCOc1nc2cccc(C(=O)OC(C)OC(=O)CCC[C@H](CO[N+](=O)[O-])O[N+](=O)[O-])c2n1Cc1ccc(-c2ccccc2-c2nnnn2C(c2ccccc2)(c2ccccc2)c2ccccc2)cc1. The first-order valence-corrected chi connectivity index (χ1v) is 22.3. The highest BCUT2D eigenvalue weighted by Crippen LogP contribution is 2.43. The van der Waals surface area contributed by atoms with Crippen molar-refractivity contribution in [3.63, 3.8) is 0 Å². The molecule has 356 valence electrons. The fourth-order valence-electron chi connectivity index (χ4n) is 8.49. The molecular weight excluding hydrogens is 901 g/mol. The molecular formula is C51H46N8O11. The van der Waals surface area contributed by atoms with Crippen LogP contribution in [-0.2, 0) is 36.0 Å². The predicted octanol–water partition coefficient (Wildman–Crippen LogP) is 8.65. The summed E-state index contributed by atoms with van der Waals surface area (Å²) < 4.78 is 20.5. The summed E-state index contributed by atoms with van der Waals surface area (Å²) in [6.07, 6.45) is -2.98. The number of ether oxygens (including phenoxy) is 3. The highest BCUT2D eigenvalue weighted by Gasteiger charge is 2.42. The van der Waals surface area contributed by atoms with Gasteiger partial charge in [0.05, 0.1) is 29.7 Å². The molecule has 1 unspecified atom stereocenters. The fourth-order valence-corrected chi connectivity index (χ4v) is 8.49. The van der Waals surface area contributed by atoms with Crippen LogP contribution in [0.4, 0.5) is 0 Å². The Morgan fingerprint density at radius 2 is 1.34 bits per heavy atom.